The Kier molecular flexibility index (Phi) is 5.10. The molecule has 0 aliphatic carbocycles. The van der Waals surface area contributed by atoms with Crippen LogP contribution in [0.2, 0.25) is 0 Å². The summed E-state index contributed by atoms with van der Waals surface area (Å²) in [6.45, 7) is 0. The highest BCUT2D eigenvalue weighted by Gasteiger charge is 2.12. The van der Waals surface area contributed by atoms with Crippen LogP contribution in [0.1, 0.15) is 0 Å². The number of pyridine rings is 1. The molecule has 0 saturated heterocycles. The highest BCUT2D eigenvalue weighted by molar-refractivity contribution is 7.92. The quantitative estimate of drug-likeness (QED) is 0.617. The second-order valence-electron chi connectivity index (χ2n) is 5.29. The molecule has 0 aliphatic rings. The van der Waals surface area contributed by atoms with Crippen LogP contribution in [0.15, 0.2) is 36.5 Å². The van der Waals surface area contributed by atoms with Crippen LogP contribution in [0.4, 0.5) is 5.82 Å². The summed E-state index contributed by atoms with van der Waals surface area (Å²) in [6, 6.07) is 8.31. The molecule has 1 aromatic carbocycles. The summed E-state index contributed by atoms with van der Waals surface area (Å²) in [4.78, 5) is 12.8. The molecule has 0 spiro atoms. The van der Waals surface area contributed by atoms with Crippen LogP contribution in [-0.4, -0.2) is 47.2 Å². The van der Waals surface area contributed by atoms with Crippen LogP contribution in [-0.2, 0) is 10.0 Å². The zero-order chi connectivity index (χ0) is 18.7. The third-order valence-electron chi connectivity index (χ3n) is 3.49. The van der Waals surface area contributed by atoms with Gasteiger partial charge in [-0.3, -0.25) is 4.72 Å². The molecule has 3 aromatic rings. The molecule has 3 rings (SSSR count). The number of methoxy groups -OCH3 is 1. The number of anilines is 1. The van der Waals surface area contributed by atoms with Gasteiger partial charge in [0, 0.05) is 11.4 Å². The lowest BCUT2D eigenvalue weighted by molar-refractivity contribution is 0.373. The lowest BCUT2D eigenvalue weighted by Gasteiger charge is -2.08. The Morgan fingerprint density at radius 3 is 2.77 bits per heavy atom. The third-order valence-corrected chi connectivity index (χ3v) is 5.16. The van der Waals surface area contributed by atoms with Gasteiger partial charge in [-0.15, -0.1) is 11.6 Å². The monoisotopic (exact) mass is 394 g/mol. The molecule has 26 heavy (non-hydrogen) atoms. The first-order valence-electron chi connectivity index (χ1n) is 7.49. The van der Waals surface area contributed by atoms with Gasteiger partial charge in [-0.25, -0.2) is 23.4 Å². The first-order valence-corrected chi connectivity index (χ1v) is 9.68. The van der Waals surface area contributed by atoms with Gasteiger partial charge >= 0.3 is 0 Å². The van der Waals surface area contributed by atoms with Crippen LogP contribution in [0.3, 0.4) is 0 Å². The average molecular weight is 395 g/mol. The normalized spacial score (nSPS) is 11.5. The maximum atomic E-state index is 11.8. The number of nitrogens with zero attached hydrogens (tertiary/aromatic N) is 3. The summed E-state index contributed by atoms with van der Waals surface area (Å²) < 4.78 is 31.0. The second-order valence-corrected chi connectivity index (χ2v) is 7.51. The Morgan fingerprint density at radius 1 is 1.23 bits per heavy atom. The van der Waals surface area contributed by atoms with Gasteiger partial charge in [-0.2, -0.15) is 0 Å². The zero-order valence-corrected chi connectivity index (χ0v) is 15.3. The van der Waals surface area contributed by atoms with Gasteiger partial charge in [0.1, 0.15) is 5.52 Å². The van der Waals surface area contributed by atoms with E-state index < -0.39 is 10.0 Å². The van der Waals surface area contributed by atoms with Crippen molar-refractivity contribution in [1.29, 1.82) is 0 Å². The molecule has 0 bridgehead atoms. The van der Waals surface area contributed by atoms with Crippen molar-refractivity contribution in [2.75, 3.05) is 23.5 Å². The van der Waals surface area contributed by atoms with Gasteiger partial charge in [0.25, 0.3) is 0 Å². The van der Waals surface area contributed by atoms with Crippen LogP contribution in [0, 0.1) is 0 Å². The zero-order valence-electron chi connectivity index (χ0n) is 13.7. The molecule has 2 N–H and O–H groups in total. The molecule has 0 saturated carbocycles. The fourth-order valence-electron chi connectivity index (χ4n) is 2.26. The van der Waals surface area contributed by atoms with Crippen molar-refractivity contribution in [3.63, 3.8) is 0 Å². The number of aromatic hydroxyl groups is 1. The van der Waals surface area contributed by atoms with E-state index in [9.17, 15) is 13.5 Å². The molecule has 2 heterocycles. The van der Waals surface area contributed by atoms with Crippen LogP contribution in [0.5, 0.6) is 11.5 Å². The predicted octanol–water partition coefficient (Wildman–Crippen LogP) is 2.39. The largest absolute Gasteiger partial charge is 0.504 e. The summed E-state index contributed by atoms with van der Waals surface area (Å²) in [5.41, 5.74) is 2.07. The third kappa shape index (κ3) is 3.94. The predicted molar refractivity (Wildman–Crippen MR) is 99.1 cm³/mol. The molecule has 2 aromatic heterocycles. The minimum absolute atomic E-state index is 0.0211. The van der Waals surface area contributed by atoms with Gasteiger partial charge in [-0.1, -0.05) is 0 Å². The van der Waals surface area contributed by atoms with E-state index in [4.69, 9.17) is 16.3 Å². The van der Waals surface area contributed by atoms with E-state index in [1.54, 1.807) is 24.3 Å². The van der Waals surface area contributed by atoms with Crippen LogP contribution >= 0.6 is 11.6 Å². The Bertz CT molecular complexity index is 1060. The highest BCUT2D eigenvalue weighted by Crippen LogP contribution is 2.31. The fraction of sp³-hybridized carbons (Fsp3) is 0.188. The van der Waals surface area contributed by atoms with Crippen molar-refractivity contribution in [3.8, 4) is 22.8 Å². The molecule has 0 aliphatic heterocycles. The standard InChI is InChI=1S/C16H15ClN4O4S/c1-25-14-8-10(2-5-13(14)22)11-3-4-12-16(19-11)20-15(9-18-12)21-26(23,24)7-6-17/h2-5,8-9,22H,6-7H2,1H3,(H,19,20,21). The molecule has 0 amide bonds. The Balaban J connectivity index is 1.99. The molecular formula is C16H15ClN4O4S. The summed E-state index contributed by atoms with van der Waals surface area (Å²) >= 11 is 5.48. The lowest BCUT2D eigenvalue weighted by Crippen LogP contribution is -2.18. The van der Waals surface area contributed by atoms with E-state index >= 15 is 0 Å². The molecule has 10 heteroatoms. The number of alkyl halides is 1. The van der Waals surface area contributed by atoms with Crippen molar-refractivity contribution in [3.05, 3.63) is 36.5 Å². The maximum Gasteiger partial charge on any atom is 0.235 e. The highest BCUT2D eigenvalue weighted by atomic mass is 35.5. The number of aromatic nitrogens is 3. The fourth-order valence-corrected chi connectivity index (χ4v) is 3.59. The Morgan fingerprint density at radius 2 is 2.04 bits per heavy atom. The summed E-state index contributed by atoms with van der Waals surface area (Å²) in [7, 11) is -2.13. The van der Waals surface area contributed by atoms with E-state index in [1.165, 1.54) is 19.4 Å². The number of halogens is 1. The number of nitrogens with one attached hydrogen (secondary N) is 1. The van der Waals surface area contributed by atoms with Crippen molar-refractivity contribution in [2.24, 2.45) is 0 Å². The second kappa shape index (κ2) is 7.30. The van der Waals surface area contributed by atoms with E-state index in [0.717, 1.165) is 0 Å². The number of phenols is 1. The van der Waals surface area contributed by atoms with Crippen molar-refractivity contribution in [2.45, 2.75) is 0 Å². The van der Waals surface area contributed by atoms with Gasteiger partial charge in [0.15, 0.2) is 23.0 Å². The summed E-state index contributed by atoms with van der Waals surface area (Å²) in [6.07, 6.45) is 1.32. The number of rotatable bonds is 6. The minimum Gasteiger partial charge on any atom is -0.504 e. The van der Waals surface area contributed by atoms with Crippen LogP contribution in [0.25, 0.3) is 22.4 Å². The number of hydrogen-bond donors (Lipinski definition) is 2. The Labute approximate surface area is 154 Å². The van der Waals surface area contributed by atoms with Gasteiger partial charge < -0.3 is 9.84 Å². The molecule has 0 fully saturated rings. The number of phenolic OH excluding ortho intramolecular Hbond substituents is 1. The first-order chi connectivity index (χ1) is 12.4. The molecule has 0 radical (unpaired) electrons. The number of fused-ring (bicyclic) bond motifs is 1. The number of sulfonamides is 1. The van der Waals surface area contributed by atoms with E-state index in [0.29, 0.717) is 22.5 Å². The summed E-state index contributed by atoms with van der Waals surface area (Å²) in [5.74, 6) is 0.151. The first kappa shape index (κ1) is 18.2. The Hall–Kier alpha value is -2.65. The van der Waals surface area contributed by atoms with Crippen molar-refractivity contribution >= 4 is 38.6 Å². The molecular weight excluding hydrogens is 380 g/mol. The number of hydrogen-bond acceptors (Lipinski definition) is 7. The van der Waals surface area contributed by atoms with E-state index in [-0.39, 0.29) is 28.8 Å². The molecule has 0 atom stereocenters. The number of benzene rings is 1. The van der Waals surface area contributed by atoms with Gasteiger partial charge in [0.05, 0.1) is 24.8 Å². The van der Waals surface area contributed by atoms with Gasteiger partial charge in [0.2, 0.25) is 10.0 Å². The molecule has 0 unspecified atom stereocenters. The smallest absolute Gasteiger partial charge is 0.235 e. The van der Waals surface area contributed by atoms with Gasteiger partial charge in [-0.05, 0) is 30.3 Å². The van der Waals surface area contributed by atoms with E-state index in [2.05, 4.69) is 19.7 Å². The summed E-state index contributed by atoms with van der Waals surface area (Å²) in [5, 5.41) is 9.70. The number of ether oxygens (including phenoxy) is 1. The lowest BCUT2D eigenvalue weighted by atomic mass is 10.1. The average Bonchev–Trinajstić information content (AvgIpc) is 2.61. The molecule has 8 nitrogen and oxygen atoms in total. The van der Waals surface area contributed by atoms with Crippen LogP contribution < -0.4 is 9.46 Å². The topological polar surface area (TPSA) is 114 Å². The van der Waals surface area contributed by atoms with Crippen molar-refractivity contribution < 1.29 is 18.3 Å². The SMILES string of the molecule is COc1cc(-c2ccc3ncc(NS(=O)(=O)CCCl)nc3n2)ccc1O. The maximum absolute atomic E-state index is 11.8. The minimum atomic E-state index is -3.59. The van der Waals surface area contributed by atoms with E-state index in [1.807, 2.05) is 0 Å². The van der Waals surface area contributed by atoms with Crippen molar-refractivity contribution in [1.82, 2.24) is 15.0 Å². The molecule has 136 valence electrons.